The lowest BCUT2D eigenvalue weighted by Crippen LogP contribution is -2.60. The second-order valence-electron chi connectivity index (χ2n) is 18.9. The Balaban J connectivity index is 1.77. The highest BCUT2D eigenvalue weighted by Crippen LogP contribution is 2.20. The van der Waals surface area contributed by atoms with Crippen molar-refractivity contribution in [1.29, 1.82) is 0 Å². The maximum absolute atomic E-state index is 14.6. The summed E-state index contributed by atoms with van der Waals surface area (Å²) < 4.78 is 0. The number of unbranched alkanes of at least 4 members (excludes halogenated alkanes) is 1. The molecular weight excluding hydrogens is 939 g/mol. The number of hydrogen-bond donors (Lipinski definition) is 12. The maximum atomic E-state index is 14.6. The Bertz CT molecular complexity index is 2390. The molecule has 0 spiro atoms. The number of rotatable bonds is 17. The van der Waals surface area contributed by atoms with Crippen LogP contribution in [0.4, 0.5) is 0 Å². The van der Waals surface area contributed by atoms with Crippen LogP contribution in [0.25, 0.3) is 10.9 Å². The van der Waals surface area contributed by atoms with Crippen molar-refractivity contribution >= 4 is 70.0 Å². The first kappa shape index (κ1) is 58.1. The fraction of sp³-hybridized carbons (Fsp3) is 0.529. The first-order chi connectivity index (χ1) is 34.8. The maximum Gasteiger partial charge on any atom is 0.243 e. The second-order valence-corrected chi connectivity index (χ2v) is 18.9. The molecule has 0 saturated carbocycles. The van der Waals surface area contributed by atoms with E-state index in [1.165, 1.54) is 6.92 Å². The van der Waals surface area contributed by atoms with Crippen LogP contribution < -0.4 is 59.7 Å². The average Bonchev–Trinajstić information content (AvgIpc) is 3.75. The molecule has 1 fully saturated rings. The zero-order valence-corrected chi connectivity index (χ0v) is 42.4. The number of H-pyrrole nitrogens is 1. The largest absolute Gasteiger partial charge is 0.370 e. The van der Waals surface area contributed by atoms with Gasteiger partial charge in [0.05, 0.1) is 0 Å². The van der Waals surface area contributed by atoms with Gasteiger partial charge in [-0.15, -0.1) is 0 Å². The van der Waals surface area contributed by atoms with E-state index >= 15 is 0 Å². The normalized spacial score (nSPS) is 21.7. The van der Waals surface area contributed by atoms with Crippen LogP contribution in [0.15, 0.2) is 65.8 Å². The van der Waals surface area contributed by atoms with Crippen molar-refractivity contribution in [1.82, 2.24) is 47.5 Å². The van der Waals surface area contributed by atoms with Crippen molar-refractivity contribution in [2.24, 2.45) is 28.1 Å². The van der Waals surface area contributed by atoms with Gasteiger partial charge in [0.2, 0.25) is 53.2 Å². The van der Waals surface area contributed by atoms with Gasteiger partial charge in [0.25, 0.3) is 0 Å². The van der Waals surface area contributed by atoms with Crippen molar-refractivity contribution in [3.05, 3.63) is 71.9 Å². The number of nitrogens with one attached hydrogen (secondary N) is 9. The van der Waals surface area contributed by atoms with Crippen molar-refractivity contribution < 1.29 is 43.2 Å². The Morgan fingerprint density at radius 2 is 1.37 bits per heavy atom. The summed E-state index contributed by atoms with van der Waals surface area (Å²) in [5.41, 5.74) is 19.1. The molecule has 22 nitrogen and oxygen atoms in total. The molecule has 2 heterocycles. The van der Waals surface area contributed by atoms with Crippen LogP contribution in [0.2, 0.25) is 0 Å². The highest BCUT2D eigenvalue weighted by atomic mass is 16.2. The first-order valence-corrected chi connectivity index (χ1v) is 25.1. The zero-order chi connectivity index (χ0) is 53.5. The molecule has 0 bridgehead atoms. The standard InChI is InChI=1S/C51H75N13O9/c1-5-6-18-37(58-31(4)65)45(68)61-39-22-23-43(66)55-24-13-12-20-36(44(52)67)59-50(73)42(28-33-29-57-35-19-11-10-17-34(33)35)64-46(69)38(21-14-25-56-51(53)54)60-49(72)41(27-32-15-8-7-9-16-32)63-48(71)40(26-30(2)3)62-47(39)70/h7-11,15-17,19,29-30,36-42,57H,5-6,12-14,18,20-28H2,1-4H3,(H2,52,67)(H,55,66)(H,58,65)(H,59,73)(H,60,72)(H,61,68)(H,62,70)(H,63,71)(H,64,69)(H4,53,54,56)/t36-,37-,38-,39-,40-,41+,42-/m0/s1. The summed E-state index contributed by atoms with van der Waals surface area (Å²) in [7, 11) is 0. The third kappa shape index (κ3) is 19.9. The number of carbonyl (C=O) groups is 9. The van der Waals surface area contributed by atoms with Crippen LogP contribution >= 0.6 is 0 Å². The summed E-state index contributed by atoms with van der Waals surface area (Å²) in [5.74, 6) is -6.55. The molecule has 3 aromatic rings. The van der Waals surface area contributed by atoms with E-state index in [4.69, 9.17) is 17.2 Å². The number of hydrogen-bond acceptors (Lipinski definition) is 10. The molecule has 15 N–H and O–H groups in total. The molecule has 0 radical (unpaired) electrons. The summed E-state index contributed by atoms with van der Waals surface area (Å²) in [4.78, 5) is 131. The van der Waals surface area contributed by atoms with Crippen LogP contribution in [0.3, 0.4) is 0 Å². The van der Waals surface area contributed by atoms with Crippen molar-refractivity contribution in [3.8, 4) is 0 Å². The van der Waals surface area contributed by atoms with E-state index in [9.17, 15) is 43.2 Å². The van der Waals surface area contributed by atoms with E-state index in [-0.39, 0.29) is 82.8 Å². The van der Waals surface area contributed by atoms with E-state index in [2.05, 4.69) is 52.5 Å². The Kier molecular flexibility index (Phi) is 23.6. The molecule has 22 heteroatoms. The second kappa shape index (κ2) is 29.7. The van der Waals surface area contributed by atoms with Gasteiger partial charge in [0, 0.05) is 56.4 Å². The van der Waals surface area contributed by atoms with E-state index in [1.807, 2.05) is 45.0 Å². The van der Waals surface area contributed by atoms with Crippen LogP contribution in [0, 0.1) is 5.92 Å². The molecule has 7 atom stereocenters. The van der Waals surface area contributed by atoms with Crippen LogP contribution in [-0.2, 0) is 56.0 Å². The van der Waals surface area contributed by atoms with E-state index in [0.717, 1.165) is 17.3 Å². The van der Waals surface area contributed by atoms with Crippen molar-refractivity contribution in [2.75, 3.05) is 13.1 Å². The fourth-order valence-electron chi connectivity index (χ4n) is 8.44. The highest BCUT2D eigenvalue weighted by Gasteiger charge is 2.35. The van der Waals surface area contributed by atoms with Gasteiger partial charge in [-0.25, -0.2) is 0 Å². The van der Waals surface area contributed by atoms with Crippen LogP contribution in [0.5, 0.6) is 0 Å². The number of aromatic amines is 1. The summed E-state index contributed by atoms with van der Waals surface area (Å²) in [5, 5.41) is 22.8. The lowest BCUT2D eigenvalue weighted by atomic mass is 9.99. The number of aliphatic imine (C=N–C) groups is 1. The molecule has 1 aliphatic heterocycles. The topological polar surface area (TPSA) is 356 Å². The van der Waals surface area contributed by atoms with Gasteiger partial charge in [-0.2, -0.15) is 0 Å². The Labute approximate surface area is 426 Å². The number of benzene rings is 2. The number of guanidine groups is 1. The number of amides is 9. The SMILES string of the molecule is CCCC[C@H](NC(C)=O)C(=O)N[C@H]1CCC(=O)NCCCC[C@@H](C(N)=O)NC(=O)[C@H](Cc2c[nH]c3ccccc23)NC(=O)[C@H](CCCN=C(N)N)NC(=O)[C@@H](Cc2ccccc2)NC(=O)[C@H](CC(C)C)NC1=O. The van der Waals surface area contributed by atoms with Gasteiger partial charge < -0.3 is 64.7 Å². The molecular formula is C51H75N13O9. The Morgan fingerprint density at radius 3 is 2.04 bits per heavy atom. The zero-order valence-electron chi connectivity index (χ0n) is 42.4. The Morgan fingerprint density at radius 1 is 0.740 bits per heavy atom. The van der Waals surface area contributed by atoms with Gasteiger partial charge in [-0.3, -0.25) is 48.1 Å². The summed E-state index contributed by atoms with van der Waals surface area (Å²) in [6.07, 6.45) is 3.82. The molecule has 2 aromatic carbocycles. The third-order valence-corrected chi connectivity index (χ3v) is 12.3. The molecule has 1 aliphatic rings. The molecule has 1 saturated heterocycles. The predicted octanol–water partition coefficient (Wildman–Crippen LogP) is 0.222. The minimum atomic E-state index is -1.34. The first-order valence-electron chi connectivity index (χ1n) is 25.1. The molecule has 0 aliphatic carbocycles. The van der Waals surface area contributed by atoms with Gasteiger partial charge in [-0.05, 0) is 74.5 Å². The van der Waals surface area contributed by atoms with Crippen molar-refractivity contribution in [2.45, 2.75) is 153 Å². The third-order valence-electron chi connectivity index (χ3n) is 12.3. The number of fused-ring (bicyclic) bond motifs is 1. The van der Waals surface area contributed by atoms with Gasteiger partial charge in [0.1, 0.15) is 42.3 Å². The fourth-order valence-corrected chi connectivity index (χ4v) is 8.44. The van der Waals surface area contributed by atoms with Crippen LogP contribution in [-0.4, -0.2) is 119 Å². The quantitative estimate of drug-likeness (QED) is 0.0493. The summed E-state index contributed by atoms with van der Waals surface area (Å²) >= 11 is 0. The van der Waals surface area contributed by atoms with Gasteiger partial charge >= 0.3 is 0 Å². The smallest absolute Gasteiger partial charge is 0.243 e. The number of nitrogens with two attached hydrogens (primary N) is 3. The number of primary amides is 1. The summed E-state index contributed by atoms with van der Waals surface area (Å²) in [6.45, 7) is 7.10. The minimum absolute atomic E-state index is 0.0252. The van der Waals surface area contributed by atoms with Gasteiger partial charge in [0.15, 0.2) is 5.96 Å². The molecule has 0 unspecified atom stereocenters. The molecule has 73 heavy (non-hydrogen) atoms. The Hall–Kier alpha value is -7.52. The van der Waals surface area contributed by atoms with E-state index < -0.39 is 95.5 Å². The average molecular weight is 1010 g/mol. The number of nitrogens with zero attached hydrogens (tertiary/aromatic N) is 1. The molecule has 398 valence electrons. The molecule has 4 rings (SSSR count). The number of para-hydroxylation sites is 1. The van der Waals surface area contributed by atoms with E-state index in [0.29, 0.717) is 30.4 Å². The number of carbonyl (C=O) groups excluding carboxylic acids is 9. The summed E-state index contributed by atoms with van der Waals surface area (Å²) in [6, 6.07) is 7.48. The van der Waals surface area contributed by atoms with Crippen LogP contribution in [0.1, 0.15) is 109 Å². The lowest BCUT2D eigenvalue weighted by Gasteiger charge is -2.28. The lowest BCUT2D eigenvalue weighted by molar-refractivity contribution is -0.136. The van der Waals surface area contributed by atoms with Gasteiger partial charge in [-0.1, -0.05) is 82.1 Å². The highest BCUT2D eigenvalue weighted by molar-refractivity contribution is 5.98. The monoisotopic (exact) mass is 1010 g/mol. The van der Waals surface area contributed by atoms with E-state index in [1.54, 1.807) is 36.5 Å². The minimum Gasteiger partial charge on any atom is -0.370 e. The van der Waals surface area contributed by atoms with Crippen molar-refractivity contribution in [3.63, 3.8) is 0 Å². The molecule has 1 aromatic heterocycles. The molecule has 9 amide bonds. The predicted molar refractivity (Wildman–Crippen MR) is 276 cm³/mol. The number of aromatic nitrogens is 1.